The van der Waals surface area contributed by atoms with Crippen LogP contribution in [-0.2, 0) is 11.3 Å². The number of aliphatic hydroxyl groups excluding tert-OH is 1. The van der Waals surface area contributed by atoms with Gasteiger partial charge in [0.05, 0.1) is 13.2 Å². The van der Waals surface area contributed by atoms with E-state index in [4.69, 9.17) is 21.1 Å². The number of ether oxygens (including phenoxy) is 2. The van der Waals surface area contributed by atoms with Crippen molar-refractivity contribution in [1.82, 2.24) is 10.6 Å². The van der Waals surface area contributed by atoms with E-state index in [2.05, 4.69) is 10.6 Å². The number of aliphatic hydroxyl groups is 1. The van der Waals surface area contributed by atoms with Crippen LogP contribution in [0.1, 0.15) is 38.0 Å². The van der Waals surface area contributed by atoms with E-state index in [0.717, 1.165) is 11.1 Å². The number of carbonyl (C=O) groups excluding carboxylic acids is 1. The Morgan fingerprint density at radius 3 is 2.48 bits per heavy atom. The normalized spacial score (nSPS) is 12.3. The lowest BCUT2D eigenvalue weighted by Gasteiger charge is -2.21. The fourth-order valence-corrected chi connectivity index (χ4v) is 2.94. The molecule has 3 N–H and O–H groups in total. The summed E-state index contributed by atoms with van der Waals surface area (Å²) in [5.74, 6) is 0.657. The summed E-state index contributed by atoms with van der Waals surface area (Å²) < 4.78 is 11.0. The highest BCUT2D eigenvalue weighted by atomic mass is 35.5. The number of rotatable bonds is 9. The molecule has 0 aliphatic rings. The van der Waals surface area contributed by atoms with Gasteiger partial charge < -0.3 is 25.2 Å². The van der Waals surface area contributed by atoms with Crippen molar-refractivity contribution in [2.75, 3.05) is 20.3 Å². The van der Waals surface area contributed by atoms with Crippen molar-refractivity contribution >= 4 is 17.5 Å². The van der Waals surface area contributed by atoms with Gasteiger partial charge in [0.2, 0.25) is 0 Å². The van der Waals surface area contributed by atoms with Crippen LogP contribution in [0.3, 0.4) is 0 Å². The van der Waals surface area contributed by atoms with Crippen LogP contribution in [0.15, 0.2) is 42.5 Å². The lowest BCUT2D eigenvalue weighted by molar-refractivity contribution is -0.124. The molecule has 0 aromatic heterocycles. The molecule has 0 fully saturated rings. The Balaban J connectivity index is 1.95. The molecule has 158 valence electrons. The number of methoxy groups -OCH3 is 1. The molecule has 2 aromatic rings. The van der Waals surface area contributed by atoms with Crippen molar-refractivity contribution in [2.45, 2.75) is 39.0 Å². The van der Waals surface area contributed by atoms with Gasteiger partial charge in [-0.05, 0) is 38.0 Å². The Hall–Kier alpha value is -2.28. The van der Waals surface area contributed by atoms with Gasteiger partial charge in [0.15, 0.2) is 18.1 Å². The molecule has 0 radical (unpaired) electrons. The van der Waals surface area contributed by atoms with Crippen LogP contribution < -0.4 is 20.1 Å². The lowest BCUT2D eigenvalue weighted by Crippen LogP contribution is -2.43. The zero-order chi connectivity index (χ0) is 21.4. The highest BCUT2D eigenvalue weighted by molar-refractivity contribution is 6.31. The molecule has 0 saturated carbocycles. The van der Waals surface area contributed by atoms with Gasteiger partial charge in [0, 0.05) is 29.7 Å². The Morgan fingerprint density at radius 2 is 1.86 bits per heavy atom. The first kappa shape index (κ1) is 23.0. The fraction of sp³-hybridized carbons (Fsp3) is 0.409. The van der Waals surface area contributed by atoms with Crippen LogP contribution in [-0.4, -0.2) is 36.8 Å². The largest absolute Gasteiger partial charge is 0.493 e. The average Bonchev–Trinajstić information content (AvgIpc) is 2.67. The molecule has 0 saturated heterocycles. The zero-order valence-corrected chi connectivity index (χ0v) is 18.0. The zero-order valence-electron chi connectivity index (χ0n) is 17.3. The molecule has 1 unspecified atom stereocenters. The number of nitrogens with one attached hydrogen (secondary N) is 2. The van der Waals surface area contributed by atoms with E-state index in [1.54, 1.807) is 12.1 Å². The van der Waals surface area contributed by atoms with Gasteiger partial charge in [0.1, 0.15) is 0 Å². The SMILES string of the molecule is COc1cc(CNCC(O)c2ccccc2)c(Cl)cc1OCC(=O)NC(C)(C)C. The number of hydrogen-bond acceptors (Lipinski definition) is 5. The lowest BCUT2D eigenvalue weighted by atomic mass is 10.1. The van der Waals surface area contributed by atoms with E-state index in [1.807, 2.05) is 51.1 Å². The van der Waals surface area contributed by atoms with Gasteiger partial charge in [-0.1, -0.05) is 41.9 Å². The quantitative estimate of drug-likeness (QED) is 0.579. The van der Waals surface area contributed by atoms with Crippen molar-refractivity contribution in [3.63, 3.8) is 0 Å². The van der Waals surface area contributed by atoms with E-state index in [-0.39, 0.29) is 18.1 Å². The molecule has 7 heteroatoms. The summed E-state index contributed by atoms with van der Waals surface area (Å²) in [4.78, 5) is 12.0. The van der Waals surface area contributed by atoms with E-state index < -0.39 is 6.10 Å². The molecule has 0 aliphatic heterocycles. The van der Waals surface area contributed by atoms with Gasteiger partial charge in [-0.2, -0.15) is 0 Å². The van der Waals surface area contributed by atoms with Crippen LogP contribution in [0, 0.1) is 0 Å². The molecule has 1 atom stereocenters. The Labute approximate surface area is 177 Å². The van der Waals surface area contributed by atoms with Crippen molar-refractivity contribution in [3.8, 4) is 11.5 Å². The number of carbonyl (C=O) groups is 1. The van der Waals surface area contributed by atoms with E-state index in [1.165, 1.54) is 7.11 Å². The number of hydrogen-bond donors (Lipinski definition) is 3. The highest BCUT2D eigenvalue weighted by Crippen LogP contribution is 2.33. The molecule has 0 aliphatic carbocycles. The maximum atomic E-state index is 12.0. The maximum Gasteiger partial charge on any atom is 0.258 e. The Morgan fingerprint density at radius 1 is 1.17 bits per heavy atom. The Bertz CT molecular complexity index is 806. The van der Waals surface area contributed by atoms with Crippen LogP contribution in [0.25, 0.3) is 0 Å². The second-order valence-corrected chi connectivity index (χ2v) is 8.15. The van der Waals surface area contributed by atoms with Crippen LogP contribution >= 0.6 is 11.6 Å². The smallest absolute Gasteiger partial charge is 0.258 e. The van der Waals surface area contributed by atoms with Crippen LogP contribution in [0.2, 0.25) is 5.02 Å². The van der Waals surface area contributed by atoms with Gasteiger partial charge in [0.25, 0.3) is 5.91 Å². The molecular weight excluding hydrogens is 392 g/mol. The second-order valence-electron chi connectivity index (χ2n) is 7.74. The second kappa shape index (κ2) is 10.5. The van der Waals surface area contributed by atoms with E-state index in [0.29, 0.717) is 29.6 Å². The predicted molar refractivity (Wildman–Crippen MR) is 115 cm³/mol. The molecule has 6 nitrogen and oxygen atoms in total. The molecule has 0 spiro atoms. The minimum atomic E-state index is -0.610. The van der Waals surface area contributed by atoms with Gasteiger partial charge in [-0.25, -0.2) is 0 Å². The van der Waals surface area contributed by atoms with Crippen molar-refractivity contribution in [1.29, 1.82) is 0 Å². The number of benzene rings is 2. The van der Waals surface area contributed by atoms with Gasteiger partial charge in [-0.3, -0.25) is 4.79 Å². The summed E-state index contributed by atoms with van der Waals surface area (Å²) in [5, 5.41) is 16.7. The first-order valence-electron chi connectivity index (χ1n) is 9.43. The third kappa shape index (κ3) is 7.57. The minimum Gasteiger partial charge on any atom is -0.493 e. The maximum absolute atomic E-state index is 12.0. The molecular formula is C22H29ClN2O4. The molecule has 2 rings (SSSR count). The first-order chi connectivity index (χ1) is 13.7. The molecule has 29 heavy (non-hydrogen) atoms. The van der Waals surface area contributed by atoms with E-state index in [9.17, 15) is 9.90 Å². The average molecular weight is 421 g/mol. The minimum absolute atomic E-state index is 0.134. The van der Waals surface area contributed by atoms with Crippen molar-refractivity contribution in [2.24, 2.45) is 0 Å². The summed E-state index contributed by atoms with van der Waals surface area (Å²) in [6.07, 6.45) is -0.610. The Kier molecular flexibility index (Phi) is 8.32. The summed E-state index contributed by atoms with van der Waals surface area (Å²) in [6.45, 7) is 6.40. The molecule has 0 heterocycles. The number of halogens is 1. The third-order valence-corrected chi connectivity index (χ3v) is 4.40. The van der Waals surface area contributed by atoms with Crippen molar-refractivity contribution in [3.05, 3.63) is 58.6 Å². The van der Waals surface area contributed by atoms with Crippen LogP contribution in [0.5, 0.6) is 11.5 Å². The standard InChI is InChI=1S/C22H29ClN2O4/c1-22(2,3)25-21(27)14-29-20-11-17(23)16(10-19(20)28-4)12-24-13-18(26)15-8-6-5-7-9-15/h5-11,18,24,26H,12-14H2,1-4H3,(H,25,27). The monoisotopic (exact) mass is 420 g/mol. The summed E-state index contributed by atoms with van der Waals surface area (Å²) in [5.41, 5.74) is 1.32. The fourth-order valence-electron chi connectivity index (χ4n) is 2.72. The third-order valence-electron chi connectivity index (χ3n) is 4.04. The summed E-state index contributed by atoms with van der Waals surface area (Å²) >= 11 is 6.37. The first-order valence-corrected chi connectivity index (χ1v) is 9.81. The van der Waals surface area contributed by atoms with Gasteiger partial charge >= 0.3 is 0 Å². The van der Waals surface area contributed by atoms with Gasteiger partial charge in [-0.15, -0.1) is 0 Å². The highest BCUT2D eigenvalue weighted by Gasteiger charge is 2.16. The number of amides is 1. The summed E-state index contributed by atoms with van der Waals surface area (Å²) in [7, 11) is 1.53. The molecule has 2 aromatic carbocycles. The topological polar surface area (TPSA) is 79.8 Å². The van der Waals surface area contributed by atoms with Crippen LogP contribution in [0.4, 0.5) is 0 Å². The molecule has 1 amide bonds. The molecule has 0 bridgehead atoms. The summed E-state index contributed by atoms with van der Waals surface area (Å²) in [6, 6.07) is 12.8. The predicted octanol–water partition coefficient (Wildman–Crippen LogP) is 3.47. The van der Waals surface area contributed by atoms with E-state index >= 15 is 0 Å². The van der Waals surface area contributed by atoms with Crippen molar-refractivity contribution < 1.29 is 19.4 Å².